The molecule has 5 rings (SSSR count). The van der Waals surface area contributed by atoms with Crippen molar-refractivity contribution in [2.45, 2.75) is 19.3 Å². The van der Waals surface area contributed by atoms with E-state index >= 15 is 0 Å². The van der Waals surface area contributed by atoms with Crippen LogP contribution >= 0.6 is 0 Å². The largest absolute Gasteiger partial charge is 0.482 e. The number of allylic oxidation sites excluding steroid dienone is 1. The predicted octanol–water partition coefficient (Wildman–Crippen LogP) is 3.10. The topological polar surface area (TPSA) is 122 Å². The zero-order valence-corrected chi connectivity index (χ0v) is 21.0. The molecule has 2 atom stereocenters. The number of pyridine rings is 1. The number of carboxylic acids is 1. The summed E-state index contributed by atoms with van der Waals surface area (Å²) in [5.74, 6) is -3.50. The van der Waals surface area contributed by atoms with Crippen molar-refractivity contribution < 1.29 is 28.2 Å². The third-order valence-electron chi connectivity index (χ3n) is 6.48. The number of benzene rings is 2. The van der Waals surface area contributed by atoms with Crippen molar-refractivity contribution in [1.82, 2.24) is 15.2 Å². The minimum absolute atomic E-state index is 0.0242. The quantitative estimate of drug-likeness (QED) is 0.379. The first kappa shape index (κ1) is 26.5. The van der Waals surface area contributed by atoms with Crippen LogP contribution in [0, 0.1) is 17.6 Å². The number of nitrogens with zero attached hydrogens (tertiary/aromatic N) is 2. The average molecular weight is 547 g/mol. The summed E-state index contributed by atoms with van der Waals surface area (Å²) in [6, 6.07) is 11.4. The summed E-state index contributed by atoms with van der Waals surface area (Å²) in [5, 5.41) is 15.0. The van der Waals surface area contributed by atoms with Gasteiger partial charge in [-0.1, -0.05) is 12.1 Å². The first-order chi connectivity index (χ1) is 19.3. The molecule has 9 nitrogen and oxygen atoms in total. The number of nitrogens with one attached hydrogen (secondary N) is 2. The molecule has 2 aliphatic heterocycles. The first-order valence-electron chi connectivity index (χ1n) is 12.3. The van der Waals surface area contributed by atoms with Crippen LogP contribution in [0.5, 0.6) is 5.75 Å². The van der Waals surface area contributed by atoms with Gasteiger partial charge in [0.2, 0.25) is 0 Å². The summed E-state index contributed by atoms with van der Waals surface area (Å²) < 4.78 is 33.5. The molecule has 2 aromatic carbocycles. The standard InChI is InChI=1S/C29H24F2N4O5/c30-24-6-5-17(11-25(24)31)15-35-8-2-4-22(29(35)39)28(38)34-13-18-9-19(12-20(10-18)40-16-26(36)37)23-14-33-27-21(23)3-1-7-32-27/h1-12,14,21,27,33H,13,15-16H2,(H,34,38)(H,36,37). The lowest BCUT2D eigenvalue weighted by Crippen LogP contribution is -2.32. The van der Waals surface area contributed by atoms with Crippen molar-refractivity contribution in [3.8, 4) is 5.75 Å². The van der Waals surface area contributed by atoms with Crippen molar-refractivity contribution in [2.75, 3.05) is 6.61 Å². The second kappa shape index (κ2) is 11.4. The summed E-state index contributed by atoms with van der Waals surface area (Å²) in [4.78, 5) is 41.4. The smallest absolute Gasteiger partial charge is 0.341 e. The molecule has 40 heavy (non-hydrogen) atoms. The molecule has 0 saturated carbocycles. The maximum absolute atomic E-state index is 13.6. The van der Waals surface area contributed by atoms with E-state index < -0.39 is 35.7 Å². The number of carboxylic acid groups (broad SMARTS) is 1. The molecule has 3 aromatic rings. The molecule has 2 aliphatic rings. The van der Waals surface area contributed by atoms with Gasteiger partial charge in [0, 0.05) is 31.1 Å². The van der Waals surface area contributed by atoms with Crippen LogP contribution in [0.15, 0.2) is 82.9 Å². The van der Waals surface area contributed by atoms with Gasteiger partial charge in [-0.25, -0.2) is 13.6 Å². The van der Waals surface area contributed by atoms with E-state index in [2.05, 4.69) is 15.6 Å². The fourth-order valence-electron chi connectivity index (χ4n) is 4.58. The Morgan fingerprint density at radius 1 is 1.10 bits per heavy atom. The van der Waals surface area contributed by atoms with Crippen LogP contribution in [0.4, 0.5) is 8.78 Å². The van der Waals surface area contributed by atoms with Crippen LogP contribution in [0.25, 0.3) is 5.57 Å². The lowest BCUT2D eigenvalue weighted by Gasteiger charge is -2.19. The molecule has 3 N–H and O–H groups in total. The van der Waals surface area contributed by atoms with E-state index in [9.17, 15) is 23.2 Å². The third kappa shape index (κ3) is 5.83. The average Bonchev–Trinajstić information content (AvgIpc) is 3.38. The van der Waals surface area contributed by atoms with Gasteiger partial charge in [-0.3, -0.25) is 14.6 Å². The molecular weight excluding hydrogens is 522 g/mol. The number of aliphatic carboxylic acids is 1. The van der Waals surface area contributed by atoms with E-state index in [0.717, 1.165) is 23.3 Å². The lowest BCUT2D eigenvalue weighted by molar-refractivity contribution is -0.139. The minimum Gasteiger partial charge on any atom is -0.482 e. The number of fused-ring (bicyclic) bond motifs is 1. The highest BCUT2D eigenvalue weighted by molar-refractivity contribution is 5.93. The maximum Gasteiger partial charge on any atom is 0.341 e. The maximum atomic E-state index is 13.6. The number of aromatic nitrogens is 1. The SMILES string of the molecule is O=C(O)COc1cc(CNC(=O)c2cccn(Cc3ccc(F)c(F)c3)c2=O)cc(C2=CNC3N=CC=CC23)c1. The van der Waals surface area contributed by atoms with Crippen LogP contribution in [0.1, 0.15) is 27.0 Å². The zero-order chi connectivity index (χ0) is 28.2. The van der Waals surface area contributed by atoms with Crippen molar-refractivity contribution in [1.29, 1.82) is 0 Å². The zero-order valence-electron chi connectivity index (χ0n) is 21.0. The molecule has 0 saturated heterocycles. The Balaban J connectivity index is 1.35. The Hall–Kier alpha value is -5.06. The number of hydrogen-bond acceptors (Lipinski definition) is 6. The number of carbonyl (C=O) groups excluding carboxylic acids is 1. The van der Waals surface area contributed by atoms with E-state index in [1.807, 2.05) is 24.4 Å². The van der Waals surface area contributed by atoms with Crippen molar-refractivity contribution >= 4 is 23.7 Å². The van der Waals surface area contributed by atoms with Gasteiger partial charge in [-0.2, -0.15) is 0 Å². The normalized spacial score (nSPS) is 17.1. The summed E-state index contributed by atoms with van der Waals surface area (Å²) >= 11 is 0. The van der Waals surface area contributed by atoms with E-state index in [4.69, 9.17) is 9.84 Å². The fourth-order valence-corrected chi connectivity index (χ4v) is 4.58. The van der Waals surface area contributed by atoms with E-state index in [1.54, 1.807) is 18.3 Å². The number of aliphatic imine (C=N–C) groups is 1. The van der Waals surface area contributed by atoms with Crippen LogP contribution in [0.2, 0.25) is 0 Å². The van der Waals surface area contributed by atoms with Gasteiger partial charge < -0.3 is 25.0 Å². The van der Waals surface area contributed by atoms with Crippen molar-refractivity contribution in [2.24, 2.45) is 10.9 Å². The lowest BCUT2D eigenvalue weighted by atomic mass is 9.91. The van der Waals surface area contributed by atoms with E-state index in [-0.39, 0.29) is 30.7 Å². The highest BCUT2D eigenvalue weighted by Crippen LogP contribution is 2.35. The Morgan fingerprint density at radius 2 is 1.95 bits per heavy atom. The number of ether oxygens (including phenoxy) is 1. The summed E-state index contributed by atoms with van der Waals surface area (Å²) in [5.41, 5.74) is 1.95. The summed E-state index contributed by atoms with van der Waals surface area (Å²) in [6.45, 7) is -0.562. The van der Waals surface area contributed by atoms with E-state index in [0.29, 0.717) is 16.9 Å². The van der Waals surface area contributed by atoms with Gasteiger partial charge >= 0.3 is 5.97 Å². The number of dihydropyridines is 1. The molecular formula is C29H24F2N4O5. The molecule has 0 spiro atoms. The van der Waals surface area contributed by atoms with Gasteiger partial charge in [0.05, 0.1) is 6.54 Å². The number of rotatable bonds is 9. The predicted molar refractivity (Wildman–Crippen MR) is 143 cm³/mol. The molecule has 1 amide bonds. The molecule has 0 radical (unpaired) electrons. The van der Waals surface area contributed by atoms with E-state index in [1.165, 1.54) is 29.0 Å². The van der Waals surface area contributed by atoms with Crippen molar-refractivity contribution in [3.05, 3.63) is 117 Å². The minimum atomic E-state index is -1.13. The molecule has 0 fully saturated rings. The number of hydrogen-bond donors (Lipinski definition) is 3. The number of carbonyl (C=O) groups is 2. The van der Waals surface area contributed by atoms with Gasteiger partial charge in [0.15, 0.2) is 18.2 Å². The molecule has 1 aromatic heterocycles. The summed E-state index contributed by atoms with van der Waals surface area (Å²) in [7, 11) is 0. The highest BCUT2D eigenvalue weighted by atomic mass is 19.2. The second-order valence-electron chi connectivity index (χ2n) is 9.25. The Labute approximate surface area is 227 Å². The fraction of sp³-hybridized carbons (Fsp3) is 0.172. The van der Waals surface area contributed by atoms with Gasteiger partial charge in [0.1, 0.15) is 17.5 Å². The van der Waals surface area contributed by atoms with Crippen molar-refractivity contribution in [3.63, 3.8) is 0 Å². The third-order valence-corrected chi connectivity index (χ3v) is 6.48. The van der Waals surface area contributed by atoms with Gasteiger partial charge in [0.25, 0.3) is 11.5 Å². The summed E-state index contributed by atoms with van der Waals surface area (Å²) in [6.07, 6.45) is 8.74. The van der Waals surface area contributed by atoms with Crippen LogP contribution in [0.3, 0.4) is 0 Å². The first-order valence-corrected chi connectivity index (χ1v) is 12.3. The molecule has 0 bridgehead atoms. The van der Waals surface area contributed by atoms with Crippen LogP contribution in [-0.4, -0.2) is 40.5 Å². The molecule has 3 heterocycles. The number of halogens is 2. The highest BCUT2D eigenvalue weighted by Gasteiger charge is 2.29. The molecule has 2 unspecified atom stereocenters. The monoisotopic (exact) mass is 546 g/mol. The molecule has 11 heteroatoms. The number of amides is 1. The van der Waals surface area contributed by atoms with Crippen LogP contribution < -0.4 is 20.9 Å². The second-order valence-corrected chi connectivity index (χ2v) is 9.25. The van der Waals surface area contributed by atoms with Gasteiger partial charge in [-0.15, -0.1) is 0 Å². The Kier molecular flexibility index (Phi) is 7.54. The molecule has 204 valence electrons. The molecule has 0 aliphatic carbocycles. The van der Waals surface area contributed by atoms with Gasteiger partial charge in [-0.05, 0) is 70.8 Å². The van der Waals surface area contributed by atoms with Crippen LogP contribution in [-0.2, 0) is 17.9 Å². The Bertz CT molecular complexity index is 1630. The Morgan fingerprint density at radius 3 is 2.75 bits per heavy atom.